The van der Waals surface area contributed by atoms with E-state index in [1.165, 1.54) is 5.56 Å². The van der Waals surface area contributed by atoms with Gasteiger partial charge in [0.05, 0.1) is 4.90 Å². The highest BCUT2D eigenvalue weighted by molar-refractivity contribution is 7.89. The van der Waals surface area contributed by atoms with E-state index in [-0.39, 0.29) is 12.4 Å². The van der Waals surface area contributed by atoms with Crippen LogP contribution in [0.5, 0.6) is 0 Å². The molecule has 0 radical (unpaired) electrons. The number of rotatable bonds is 8. The van der Waals surface area contributed by atoms with Gasteiger partial charge in [-0.3, -0.25) is 0 Å². The second kappa shape index (κ2) is 9.34. The highest BCUT2D eigenvalue weighted by Crippen LogP contribution is 2.13. The zero-order chi connectivity index (χ0) is 14.3. The molecular formula is C14H25ClN2O2S. The van der Waals surface area contributed by atoms with Crippen LogP contribution in [-0.2, 0) is 16.4 Å². The molecule has 0 saturated carbocycles. The average Bonchev–Trinajstić information content (AvgIpc) is 2.35. The summed E-state index contributed by atoms with van der Waals surface area (Å²) in [6, 6.07) is 7.12. The third-order valence-electron chi connectivity index (χ3n) is 2.72. The van der Waals surface area contributed by atoms with Crippen LogP contribution in [0.3, 0.4) is 0 Å². The predicted octanol–water partition coefficient (Wildman–Crippen LogP) is 2.19. The number of benzene rings is 1. The van der Waals surface area contributed by atoms with Crippen LogP contribution in [-0.4, -0.2) is 28.1 Å². The molecule has 0 amide bonds. The van der Waals surface area contributed by atoms with E-state index in [2.05, 4.69) is 23.9 Å². The van der Waals surface area contributed by atoms with Crippen LogP contribution in [0.15, 0.2) is 29.2 Å². The van der Waals surface area contributed by atoms with Crippen molar-refractivity contribution >= 4 is 22.4 Å². The largest absolute Gasteiger partial charge is 0.316 e. The van der Waals surface area contributed by atoms with Crippen molar-refractivity contribution in [3.8, 4) is 0 Å². The van der Waals surface area contributed by atoms with Gasteiger partial charge < -0.3 is 5.32 Å². The molecule has 2 N–H and O–H groups in total. The lowest BCUT2D eigenvalue weighted by atomic mass is 10.0. The number of halogens is 1. The van der Waals surface area contributed by atoms with Crippen molar-refractivity contribution in [2.75, 3.05) is 19.6 Å². The van der Waals surface area contributed by atoms with Crippen LogP contribution in [0.25, 0.3) is 0 Å². The van der Waals surface area contributed by atoms with Crippen molar-refractivity contribution in [2.45, 2.75) is 32.1 Å². The van der Waals surface area contributed by atoms with Crippen LogP contribution >= 0.6 is 12.4 Å². The molecule has 0 heterocycles. The minimum absolute atomic E-state index is 0. The summed E-state index contributed by atoms with van der Waals surface area (Å²) in [7, 11) is -3.38. The Labute approximate surface area is 128 Å². The van der Waals surface area contributed by atoms with Gasteiger partial charge in [0.25, 0.3) is 0 Å². The number of hydrogen-bond acceptors (Lipinski definition) is 3. The summed E-state index contributed by atoms with van der Waals surface area (Å²) in [5, 5.41) is 3.08. The first-order valence-electron chi connectivity index (χ1n) is 6.75. The van der Waals surface area contributed by atoms with Crippen molar-refractivity contribution in [3.63, 3.8) is 0 Å². The number of nitrogens with one attached hydrogen (secondary N) is 2. The lowest BCUT2D eigenvalue weighted by Crippen LogP contribution is -2.31. The van der Waals surface area contributed by atoms with E-state index in [4.69, 9.17) is 0 Å². The maximum atomic E-state index is 12.0. The molecule has 1 aromatic carbocycles. The maximum Gasteiger partial charge on any atom is 0.240 e. The minimum atomic E-state index is -3.38. The standard InChI is InChI=1S/C14H24N2O2S.ClH/c1-4-15-9-10-16-19(17,18)14-7-5-13(6-8-14)11-12(2)3;/h5-8,12,15-16H,4,9-11H2,1-3H3;1H. The van der Waals surface area contributed by atoms with Crippen LogP contribution in [0.1, 0.15) is 26.3 Å². The monoisotopic (exact) mass is 320 g/mol. The number of likely N-dealkylation sites (N-methyl/N-ethyl adjacent to an activating group) is 1. The van der Waals surface area contributed by atoms with Gasteiger partial charge in [-0.1, -0.05) is 32.9 Å². The Kier molecular flexibility index (Phi) is 9.05. The third kappa shape index (κ3) is 6.70. The Morgan fingerprint density at radius 1 is 1.10 bits per heavy atom. The summed E-state index contributed by atoms with van der Waals surface area (Å²) in [4.78, 5) is 0.330. The van der Waals surface area contributed by atoms with Crippen molar-refractivity contribution in [3.05, 3.63) is 29.8 Å². The van der Waals surface area contributed by atoms with Crippen molar-refractivity contribution in [1.82, 2.24) is 10.0 Å². The normalized spacial score (nSPS) is 11.4. The van der Waals surface area contributed by atoms with E-state index in [1.54, 1.807) is 12.1 Å². The first kappa shape index (κ1) is 19.4. The first-order valence-corrected chi connectivity index (χ1v) is 8.23. The van der Waals surface area contributed by atoms with Crippen LogP contribution < -0.4 is 10.0 Å². The van der Waals surface area contributed by atoms with Gasteiger partial charge in [-0.25, -0.2) is 13.1 Å². The Balaban J connectivity index is 0.00000361. The lowest BCUT2D eigenvalue weighted by Gasteiger charge is -2.09. The SMILES string of the molecule is CCNCCNS(=O)(=O)c1ccc(CC(C)C)cc1.Cl. The second-order valence-corrected chi connectivity index (χ2v) is 6.76. The summed E-state index contributed by atoms with van der Waals surface area (Å²) in [6.45, 7) is 8.17. The molecule has 6 heteroatoms. The molecule has 0 atom stereocenters. The fourth-order valence-corrected chi connectivity index (χ4v) is 2.84. The van der Waals surface area contributed by atoms with Gasteiger partial charge in [-0.15, -0.1) is 12.4 Å². The molecule has 4 nitrogen and oxygen atoms in total. The van der Waals surface area contributed by atoms with Crippen LogP contribution in [0, 0.1) is 5.92 Å². The molecule has 0 aliphatic rings. The smallest absolute Gasteiger partial charge is 0.240 e. The second-order valence-electron chi connectivity index (χ2n) is 4.99. The zero-order valence-electron chi connectivity index (χ0n) is 12.3. The third-order valence-corrected chi connectivity index (χ3v) is 4.20. The van der Waals surface area contributed by atoms with E-state index in [1.807, 2.05) is 19.1 Å². The van der Waals surface area contributed by atoms with Crippen molar-refractivity contribution in [2.24, 2.45) is 5.92 Å². The Bertz CT molecular complexity index is 472. The Morgan fingerprint density at radius 2 is 1.70 bits per heavy atom. The fraction of sp³-hybridized carbons (Fsp3) is 0.571. The van der Waals surface area contributed by atoms with Gasteiger partial charge in [-0.05, 0) is 36.6 Å². The molecule has 0 aromatic heterocycles. The lowest BCUT2D eigenvalue weighted by molar-refractivity contribution is 0.577. The van der Waals surface area contributed by atoms with Gasteiger partial charge in [-0.2, -0.15) is 0 Å². The van der Waals surface area contributed by atoms with E-state index in [0.717, 1.165) is 13.0 Å². The molecular weight excluding hydrogens is 296 g/mol. The quantitative estimate of drug-likeness (QED) is 0.722. The Morgan fingerprint density at radius 3 is 2.20 bits per heavy atom. The average molecular weight is 321 g/mol. The molecule has 0 unspecified atom stereocenters. The van der Waals surface area contributed by atoms with Crippen molar-refractivity contribution < 1.29 is 8.42 Å². The summed E-state index contributed by atoms with van der Waals surface area (Å²) >= 11 is 0. The number of hydrogen-bond donors (Lipinski definition) is 2. The highest BCUT2D eigenvalue weighted by Gasteiger charge is 2.12. The van der Waals surface area contributed by atoms with Gasteiger partial charge in [0.2, 0.25) is 10.0 Å². The van der Waals surface area contributed by atoms with E-state index < -0.39 is 10.0 Å². The molecule has 0 fully saturated rings. The molecule has 0 bridgehead atoms. The summed E-state index contributed by atoms with van der Waals surface area (Å²) in [5.74, 6) is 0.570. The fourth-order valence-electron chi connectivity index (χ4n) is 1.81. The zero-order valence-corrected chi connectivity index (χ0v) is 14.0. The van der Waals surface area contributed by atoms with E-state index >= 15 is 0 Å². The maximum absolute atomic E-state index is 12.0. The summed E-state index contributed by atoms with van der Waals surface area (Å²) in [6.07, 6.45) is 0.966. The summed E-state index contributed by atoms with van der Waals surface area (Å²) < 4.78 is 26.6. The van der Waals surface area contributed by atoms with Crippen LogP contribution in [0.2, 0.25) is 0 Å². The van der Waals surface area contributed by atoms with Crippen molar-refractivity contribution in [1.29, 1.82) is 0 Å². The molecule has 116 valence electrons. The summed E-state index contributed by atoms with van der Waals surface area (Å²) in [5.41, 5.74) is 1.17. The predicted molar refractivity (Wildman–Crippen MR) is 86.0 cm³/mol. The highest BCUT2D eigenvalue weighted by atomic mass is 35.5. The van der Waals surface area contributed by atoms with Gasteiger partial charge in [0.15, 0.2) is 0 Å². The van der Waals surface area contributed by atoms with Gasteiger partial charge in [0.1, 0.15) is 0 Å². The number of sulfonamides is 1. The van der Waals surface area contributed by atoms with E-state index in [9.17, 15) is 8.42 Å². The first-order chi connectivity index (χ1) is 8.95. The Hall–Kier alpha value is -0.620. The topological polar surface area (TPSA) is 58.2 Å². The molecule has 20 heavy (non-hydrogen) atoms. The van der Waals surface area contributed by atoms with Crippen LogP contribution in [0.4, 0.5) is 0 Å². The van der Waals surface area contributed by atoms with Gasteiger partial charge in [0, 0.05) is 13.1 Å². The minimum Gasteiger partial charge on any atom is -0.316 e. The molecule has 0 spiro atoms. The molecule has 0 aliphatic carbocycles. The van der Waals surface area contributed by atoms with E-state index in [0.29, 0.717) is 23.9 Å². The molecule has 0 saturated heterocycles. The van der Waals surface area contributed by atoms with Gasteiger partial charge >= 0.3 is 0 Å². The molecule has 1 rings (SSSR count). The molecule has 1 aromatic rings. The molecule has 0 aliphatic heterocycles.